The Morgan fingerprint density at radius 2 is 1.94 bits per heavy atom. The van der Waals surface area contributed by atoms with Crippen LogP contribution in [0.15, 0.2) is 30.3 Å². The summed E-state index contributed by atoms with van der Waals surface area (Å²) in [6, 6.07) is 8.70. The molecule has 0 atom stereocenters. The first-order valence-electron chi connectivity index (χ1n) is 6.50. The highest BCUT2D eigenvalue weighted by Gasteiger charge is 2.35. The number of benzene rings is 1. The van der Waals surface area contributed by atoms with Crippen molar-refractivity contribution in [2.45, 2.75) is 31.1 Å². The maximum absolute atomic E-state index is 13.1. The number of rotatable bonds is 2. The standard InChI is InChI=1S/C15H17FN2/c16-12-4-5-13-11(9-12)3-6-14(18-13)15(10-17)7-1-2-8-15/h3-6,9H,1-2,7-8,10,17H2. The molecule has 2 aromatic rings. The minimum Gasteiger partial charge on any atom is -0.330 e. The Kier molecular flexibility index (Phi) is 2.78. The summed E-state index contributed by atoms with van der Waals surface area (Å²) in [5, 5.41) is 0.851. The number of fused-ring (bicyclic) bond motifs is 1. The van der Waals surface area contributed by atoms with E-state index in [2.05, 4.69) is 0 Å². The smallest absolute Gasteiger partial charge is 0.123 e. The maximum Gasteiger partial charge on any atom is 0.123 e. The molecular formula is C15H17FN2. The second-order valence-corrected chi connectivity index (χ2v) is 5.23. The molecule has 0 aliphatic heterocycles. The maximum atomic E-state index is 13.1. The minimum absolute atomic E-state index is 0.0442. The van der Waals surface area contributed by atoms with E-state index in [4.69, 9.17) is 10.7 Å². The van der Waals surface area contributed by atoms with Gasteiger partial charge in [-0.05, 0) is 37.1 Å². The van der Waals surface area contributed by atoms with Gasteiger partial charge in [0.1, 0.15) is 5.82 Å². The molecule has 0 saturated heterocycles. The molecule has 18 heavy (non-hydrogen) atoms. The van der Waals surface area contributed by atoms with Gasteiger partial charge in [-0.3, -0.25) is 4.98 Å². The Morgan fingerprint density at radius 3 is 2.67 bits per heavy atom. The largest absolute Gasteiger partial charge is 0.330 e. The van der Waals surface area contributed by atoms with E-state index in [1.807, 2.05) is 12.1 Å². The van der Waals surface area contributed by atoms with Crippen molar-refractivity contribution in [1.29, 1.82) is 0 Å². The van der Waals surface area contributed by atoms with Gasteiger partial charge in [-0.15, -0.1) is 0 Å². The highest BCUT2D eigenvalue weighted by atomic mass is 19.1. The van der Waals surface area contributed by atoms with Gasteiger partial charge in [0.05, 0.1) is 5.52 Å². The van der Waals surface area contributed by atoms with Crippen LogP contribution in [0.4, 0.5) is 4.39 Å². The monoisotopic (exact) mass is 244 g/mol. The van der Waals surface area contributed by atoms with Crippen LogP contribution in [0, 0.1) is 5.82 Å². The molecule has 1 heterocycles. The number of hydrogen-bond donors (Lipinski definition) is 1. The SMILES string of the molecule is NCC1(c2ccc3cc(F)ccc3n2)CCCC1. The van der Waals surface area contributed by atoms with Crippen molar-refractivity contribution in [3.63, 3.8) is 0 Å². The van der Waals surface area contributed by atoms with Crippen molar-refractivity contribution in [2.24, 2.45) is 5.73 Å². The van der Waals surface area contributed by atoms with E-state index in [-0.39, 0.29) is 11.2 Å². The number of pyridine rings is 1. The zero-order valence-corrected chi connectivity index (χ0v) is 10.3. The van der Waals surface area contributed by atoms with Gasteiger partial charge in [0.25, 0.3) is 0 Å². The van der Waals surface area contributed by atoms with Gasteiger partial charge in [0.15, 0.2) is 0 Å². The topological polar surface area (TPSA) is 38.9 Å². The molecule has 1 aliphatic rings. The third-order valence-corrected chi connectivity index (χ3v) is 4.15. The predicted molar refractivity (Wildman–Crippen MR) is 70.9 cm³/mol. The van der Waals surface area contributed by atoms with Gasteiger partial charge in [0.2, 0.25) is 0 Å². The molecule has 94 valence electrons. The highest BCUT2D eigenvalue weighted by Crippen LogP contribution is 2.39. The van der Waals surface area contributed by atoms with Gasteiger partial charge < -0.3 is 5.73 Å². The lowest BCUT2D eigenvalue weighted by Gasteiger charge is -2.26. The first-order valence-corrected chi connectivity index (χ1v) is 6.50. The fourth-order valence-corrected chi connectivity index (χ4v) is 3.01. The van der Waals surface area contributed by atoms with E-state index in [9.17, 15) is 4.39 Å². The first-order chi connectivity index (χ1) is 8.73. The van der Waals surface area contributed by atoms with Crippen LogP contribution in [0.2, 0.25) is 0 Å². The van der Waals surface area contributed by atoms with E-state index in [1.165, 1.54) is 25.0 Å². The zero-order chi connectivity index (χ0) is 12.6. The van der Waals surface area contributed by atoms with Gasteiger partial charge in [0, 0.05) is 23.0 Å². The number of nitrogens with zero attached hydrogens (tertiary/aromatic N) is 1. The molecule has 1 saturated carbocycles. The lowest BCUT2D eigenvalue weighted by Crippen LogP contribution is -2.32. The third-order valence-electron chi connectivity index (χ3n) is 4.15. The van der Waals surface area contributed by atoms with Crippen LogP contribution in [0.3, 0.4) is 0 Å². The summed E-state index contributed by atoms with van der Waals surface area (Å²) in [6.07, 6.45) is 4.67. The van der Waals surface area contributed by atoms with Crippen molar-refractivity contribution in [3.05, 3.63) is 41.8 Å². The van der Waals surface area contributed by atoms with Gasteiger partial charge in [-0.1, -0.05) is 18.9 Å². The Bertz CT molecular complexity index is 574. The number of hydrogen-bond acceptors (Lipinski definition) is 2. The Morgan fingerprint density at radius 1 is 1.17 bits per heavy atom. The lowest BCUT2D eigenvalue weighted by molar-refractivity contribution is 0.441. The average molecular weight is 244 g/mol. The van der Waals surface area contributed by atoms with Crippen LogP contribution in [0.1, 0.15) is 31.4 Å². The molecule has 1 aliphatic carbocycles. The van der Waals surface area contributed by atoms with Gasteiger partial charge in [-0.25, -0.2) is 4.39 Å². The number of nitrogens with two attached hydrogens (primary N) is 1. The lowest BCUT2D eigenvalue weighted by atomic mass is 9.82. The molecule has 2 N–H and O–H groups in total. The molecule has 3 rings (SSSR count). The quantitative estimate of drug-likeness (QED) is 0.881. The number of halogens is 1. The number of aromatic nitrogens is 1. The van der Waals surface area contributed by atoms with Crippen LogP contribution >= 0.6 is 0 Å². The van der Waals surface area contributed by atoms with E-state index < -0.39 is 0 Å². The van der Waals surface area contributed by atoms with Crippen molar-refractivity contribution in [2.75, 3.05) is 6.54 Å². The Labute approximate surface area is 106 Å². The molecular weight excluding hydrogens is 227 g/mol. The van der Waals surface area contributed by atoms with Crippen molar-refractivity contribution in [1.82, 2.24) is 4.98 Å². The molecule has 1 aromatic carbocycles. The molecule has 0 bridgehead atoms. The zero-order valence-electron chi connectivity index (χ0n) is 10.3. The van der Waals surface area contributed by atoms with Crippen molar-refractivity contribution in [3.8, 4) is 0 Å². The normalized spacial score (nSPS) is 18.3. The molecule has 0 amide bonds. The Balaban J connectivity index is 2.10. The van der Waals surface area contributed by atoms with Gasteiger partial charge in [-0.2, -0.15) is 0 Å². The fraction of sp³-hybridized carbons (Fsp3) is 0.400. The van der Waals surface area contributed by atoms with E-state index in [0.717, 1.165) is 29.4 Å². The molecule has 0 radical (unpaired) electrons. The molecule has 1 fully saturated rings. The summed E-state index contributed by atoms with van der Waals surface area (Å²) < 4.78 is 13.1. The summed E-state index contributed by atoms with van der Waals surface area (Å²) in [7, 11) is 0. The van der Waals surface area contributed by atoms with Crippen LogP contribution < -0.4 is 5.73 Å². The molecule has 1 aromatic heterocycles. The predicted octanol–water partition coefficient (Wildman–Crippen LogP) is 3.14. The van der Waals surface area contributed by atoms with Gasteiger partial charge >= 0.3 is 0 Å². The summed E-state index contributed by atoms with van der Waals surface area (Å²) in [4.78, 5) is 4.69. The molecule has 0 unspecified atom stereocenters. The molecule has 0 spiro atoms. The molecule has 3 heteroatoms. The van der Waals surface area contributed by atoms with Crippen LogP contribution in [0.5, 0.6) is 0 Å². The van der Waals surface area contributed by atoms with E-state index >= 15 is 0 Å². The van der Waals surface area contributed by atoms with E-state index in [1.54, 1.807) is 6.07 Å². The highest BCUT2D eigenvalue weighted by molar-refractivity contribution is 5.78. The fourth-order valence-electron chi connectivity index (χ4n) is 3.01. The minimum atomic E-state index is -0.216. The molecule has 2 nitrogen and oxygen atoms in total. The summed E-state index contributed by atoms with van der Waals surface area (Å²) in [5.74, 6) is -0.216. The second kappa shape index (κ2) is 4.32. The Hall–Kier alpha value is -1.48. The summed E-state index contributed by atoms with van der Waals surface area (Å²) in [6.45, 7) is 0.646. The summed E-state index contributed by atoms with van der Waals surface area (Å²) in [5.41, 5.74) is 7.94. The third kappa shape index (κ3) is 1.79. The van der Waals surface area contributed by atoms with Crippen LogP contribution in [-0.4, -0.2) is 11.5 Å². The first kappa shape index (κ1) is 11.6. The van der Waals surface area contributed by atoms with Crippen LogP contribution in [0.25, 0.3) is 10.9 Å². The van der Waals surface area contributed by atoms with Crippen molar-refractivity contribution >= 4 is 10.9 Å². The van der Waals surface area contributed by atoms with Crippen molar-refractivity contribution < 1.29 is 4.39 Å². The summed E-state index contributed by atoms with van der Waals surface area (Å²) >= 11 is 0. The van der Waals surface area contributed by atoms with E-state index in [0.29, 0.717) is 6.54 Å². The van der Waals surface area contributed by atoms with Crippen LogP contribution in [-0.2, 0) is 5.41 Å². The average Bonchev–Trinajstić information content (AvgIpc) is 2.88. The second-order valence-electron chi connectivity index (χ2n) is 5.23.